The summed E-state index contributed by atoms with van der Waals surface area (Å²) >= 11 is 0. The molecule has 0 saturated heterocycles. The molecule has 376 valence electrons. The number of carbonyl (C=O) groups is 2. The van der Waals surface area contributed by atoms with Crippen LogP contribution in [0.5, 0.6) is 0 Å². The Kier molecular flexibility index (Phi) is 52.1. The number of aliphatic hydroxyl groups excluding tert-OH is 2. The highest BCUT2D eigenvalue weighted by molar-refractivity contribution is 5.76. The summed E-state index contributed by atoms with van der Waals surface area (Å²) < 4.78 is 5.39. The van der Waals surface area contributed by atoms with Crippen molar-refractivity contribution in [3.8, 4) is 0 Å². The van der Waals surface area contributed by atoms with Gasteiger partial charge in [-0.05, 0) is 70.6 Å². The molecular weight excluding hydrogens is 791 g/mol. The number of esters is 1. The Morgan fingerprint density at radius 2 is 0.781 bits per heavy atom. The van der Waals surface area contributed by atoms with Crippen molar-refractivity contribution >= 4 is 11.9 Å². The van der Waals surface area contributed by atoms with Gasteiger partial charge >= 0.3 is 5.97 Å². The smallest absolute Gasteiger partial charge is 0.305 e. The average Bonchev–Trinajstić information content (AvgIpc) is 3.29. The van der Waals surface area contributed by atoms with E-state index in [0.29, 0.717) is 25.9 Å². The number of allylic oxidation sites excluding steroid dienone is 5. The van der Waals surface area contributed by atoms with Crippen LogP contribution in [0.4, 0.5) is 0 Å². The molecule has 2 atom stereocenters. The minimum atomic E-state index is -0.667. The highest BCUT2D eigenvalue weighted by Gasteiger charge is 2.20. The monoisotopic (exact) mass is 900 g/mol. The molecular formula is C58H109NO5. The van der Waals surface area contributed by atoms with Gasteiger partial charge in [0.05, 0.1) is 25.4 Å². The van der Waals surface area contributed by atoms with Crippen molar-refractivity contribution in [3.05, 3.63) is 36.5 Å². The molecule has 0 aliphatic carbocycles. The third kappa shape index (κ3) is 49.5. The van der Waals surface area contributed by atoms with Crippen molar-refractivity contribution in [1.82, 2.24) is 5.32 Å². The van der Waals surface area contributed by atoms with E-state index in [-0.39, 0.29) is 18.5 Å². The van der Waals surface area contributed by atoms with E-state index in [9.17, 15) is 19.8 Å². The molecule has 64 heavy (non-hydrogen) atoms. The maximum atomic E-state index is 12.5. The molecule has 0 bridgehead atoms. The van der Waals surface area contributed by atoms with Crippen LogP contribution >= 0.6 is 0 Å². The summed E-state index contributed by atoms with van der Waals surface area (Å²) in [5, 5.41) is 23.2. The van der Waals surface area contributed by atoms with E-state index in [1.165, 1.54) is 212 Å². The van der Waals surface area contributed by atoms with Crippen LogP contribution in [-0.4, -0.2) is 47.4 Å². The second kappa shape index (κ2) is 53.7. The fourth-order valence-corrected chi connectivity index (χ4v) is 8.59. The molecule has 6 heteroatoms. The number of hydrogen-bond donors (Lipinski definition) is 3. The van der Waals surface area contributed by atoms with Gasteiger partial charge in [0, 0.05) is 12.8 Å². The molecule has 0 fully saturated rings. The molecule has 0 spiro atoms. The predicted molar refractivity (Wildman–Crippen MR) is 278 cm³/mol. The molecule has 0 rings (SSSR count). The van der Waals surface area contributed by atoms with E-state index >= 15 is 0 Å². The van der Waals surface area contributed by atoms with Gasteiger partial charge in [0.25, 0.3) is 0 Å². The molecule has 0 aromatic heterocycles. The first-order chi connectivity index (χ1) is 31.5. The Bertz CT molecular complexity index is 1040. The lowest BCUT2D eigenvalue weighted by Crippen LogP contribution is -2.45. The zero-order chi connectivity index (χ0) is 46.5. The van der Waals surface area contributed by atoms with Gasteiger partial charge in [0.1, 0.15) is 0 Å². The number of amides is 1. The lowest BCUT2D eigenvalue weighted by Gasteiger charge is -2.22. The van der Waals surface area contributed by atoms with Crippen LogP contribution in [-0.2, 0) is 14.3 Å². The van der Waals surface area contributed by atoms with Crippen LogP contribution in [0.3, 0.4) is 0 Å². The number of carbonyl (C=O) groups excluding carboxylic acids is 2. The summed E-state index contributed by atoms with van der Waals surface area (Å²) in [6.07, 6.45) is 65.8. The van der Waals surface area contributed by atoms with Gasteiger partial charge in [-0.1, -0.05) is 249 Å². The van der Waals surface area contributed by atoms with Crippen molar-refractivity contribution in [2.45, 2.75) is 309 Å². The van der Waals surface area contributed by atoms with Crippen molar-refractivity contribution in [1.29, 1.82) is 0 Å². The largest absolute Gasteiger partial charge is 0.465 e. The average molecular weight is 901 g/mol. The van der Waals surface area contributed by atoms with Crippen LogP contribution in [0.1, 0.15) is 296 Å². The standard InChI is InChI=1S/C58H109NO5/c1-3-5-7-9-11-13-15-17-27-30-34-38-42-46-50-56(61)55(54-60)59-57(62)51-47-43-39-35-31-28-25-23-21-19-18-20-22-24-26-29-33-37-41-45-49-53-64-58(63)52-48-44-40-36-32-16-14-12-10-8-6-4-2/h12,14,29,33,41,45,55-56,60-61H,3-11,13,15-28,30-32,34-40,42-44,46-54H2,1-2H3,(H,59,62)/b14-12-,33-29-,45-41-. The summed E-state index contributed by atoms with van der Waals surface area (Å²) in [6, 6.07) is -0.545. The zero-order valence-corrected chi connectivity index (χ0v) is 42.8. The quantitative estimate of drug-likeness (QED) is 0.0321. The molecule has 0 heterocycles. The van der Waals surface area contributed by atoms with Gasteiger partial charge in [0.15, 0.2) is 0 Å². The van der Waals surface area contributed by atoms with Gasteiger partial charge in [-0.2, -0.15) is 0 Å². The van der Waals surface area contributed by atoms with E-state index in [1.807, 2.05) is 0 Å². The Balaban J connectivity index is 3.46. The maximum Gasteiger partial charge on any atom is 0.305 e. The van der Waals surface area contributed by atoms with Crippen molar-refractivity contribution in [2.75, 3.05) is 13.2 Å². The molecule has 2 unspecified atom stereocenters. The Morgan fingerprint density at radius 3 is 1.23 bits per heavy atom. The fraction of sp³-hybridized carbons (Fsp3) is 0.862. The van der Waals surface area contributed by atoms with E-state index in [4.69, 9.17) is 4.74 Å². The summed E-state index contributed by atoms with van der Waals surface area (Å²) in [6.45, 7) is 4.82. The minimum absolute atomic E-state index is 0.0395. The van der Waals surface area contributed by atoms with Crippen molar-refractivity contribution in [2.24, 2.45) is 0 Å². The number of aliphatic hydroxyl groups is 2. The minimum Gasteiger partial charge on any atom is -0.465 e. The number of ether oxygens (including phenoxy) is 1. The normalized spacial score (nSPS) is 12.9. The summed E-state index contributed by atoms with van der Waals surface area (Å²) in [5.41, 5.74) is 0. The molecule has 6 nitrogen and oxygen atoms in total. The number of rotatable bonds is 52. The van der Waals surface area contributed by atoms with Crippen molar-refractivity contribution in [3.63, 3.8) is 0 Å². The first-order valence-electron chi connectivity index (χ1n) is 28.2. The maximum absolute atomic E-state index is 12.5. The Morgan fingerprint density at radius 1 is 0.438 bits per heavy atom. The third-order valence-electron chi connectivity index (χ3n) is 12.9. The summed E-state index contributed by atoms with van der Waals surface area (Å²) in [7, 11) is 0. The third-order valence-corrected chi connectivity index (χ3v) is 12.9. The fourth-order valence-electron chi connectivity index (χ4n) is 8.59. The van der Waals surface area contributed by atoms with Crippen LogP contribution in [0.15, 0.2) is 36.5 Å². The van der Waals surface area contributed by atoms with E-state index in [2.05, 4.69) is 55.6 Å². The highest BCUT2D eigenvalue weighted by atomic mass is 16.5. The molecule has 1 amide bonds. The first kappa shape index (κ1) is 62.1. The second-order valence-corrected chi connectivity index (χ2v) is 19.3. The molecule has 0 saturated carbocycles. The van der Waals surface area contributed by atoms with Crippen molar-refractivity contribution < 1.29 is 24.5 Å². The molecule has 0 aromatic carbocycles. The molecule has 0 aliphatic heterocycles. The summed E-state index contributed by atoms with van der Waals surface area (Å²) in [5.74, 6) is -0.0851. The number of unbranched alkanes of at least 4 members (excludes halogenated alkanes) is 35. The molecule has 0 aliphatic rings. The van der Waals surface area contributed by atoms with E-state index < -0.39 is 12.1 Å². The number of nitrogens with one attached hydrogen (secondary N) is 1. The highest BCUT2D eigenvalue weighted by Crippen LogP contribution is 2.17. The van der Waals surface area contributed by atoms with Gasteiger partial charge in [-0.15, -0.1) is 0 Å². The molecule has 0 aromatic rings. The predicted octanol–water partition coefficient (Wildman–Crippen LogP) is 17.2. The van der Waals surface area contributed by atoms with Gasteiger partial charge in [0.2, 0.25) is 5.91 Å². The lowest BCUT2D eigenvalue weighted by molar-refractivity contribution is -0.143. The number of hydrogen-bond acceptors (Lipinski definition) is 5. The first-order valence-corrected chi connectivity index (χ1v) is 28.2. The van der Waals surface area contributed by atoms with Gasteiger partial charge in [-0.3, -0.25) is 9.59 Å². The van der Waals surface area contributed by atoms with E-state index in [1.54, 1.807) is 0 Å². The van der Waals surface area contributed by atoms with Crippen LogP contribution in [0, 0.1) is 0 Å². The lowest BCUT2D eigenvalue weighted by atomic mass is 10.0. The van der Waals surface area contributed by atoms with E-state index in [0.717, 1.165) is 51.4 Å². The van der Waals surface area contributed by atoms with Crippen LogP contribution in [0.25, 0.3) is 0 Å². The SMILES string of the molecule is CCCCC/C=C\CCCCCCCC(=O)OCC/C=C\C/C=C\CCCCCCCCCCCCCCCCC(=O)NC(CO)C(O)CCCCCCCCCCCCCCCC. The Hall–Kier alpha value is -1.92. The summed E-state index contributed by atoms with van der Waals surface area (Å²) in [4.78, 5) is 24.4. The van der Waals surface area contributed by atoms with Crippen LogP contribution in [0.2, 0.25) is 0 Å². The topological polar surface area (TPSA) is 95.9 Å². The second-order valence-electron chi connectivity index (χ2n) is 19.3. The Labute approximate surface area is 398 Å². The zero-order valence-electron chi connectivity index (χ0n) is 42.8. The molecule has 3 N–H and O–H groups in total. The molecule has 0 radical (unpaired) electrons. The van der Waals surface area contributed by atoms with Gasteiger partial charge < -0.3 is 20.3 Å². The van der Waals surface area contributed by atoms with Gasteiger partial charge in [-0.25, -0.2) is 0 Å². The van der Waals surface area contributed by atoms with Crippen LogP contribution < -0.4 is 5.32 Å².